The summed E-state index contributed by atoms with van der Waals surface area (Å²) in [6.45, 7) is 3.62. The summed E-state index contributed by atoms with van der Waals surface area (Å²) >= 11 is 0. The van der Waals surface area contributed by atoms with E-state index in [2.05, 4.69) is 4.90 Å². The molecule has 1 N–H and O–H groups in total. The number of benzene rings is 2. The smallest absolute Gasteiger partial charge is 0.119 e. The van der Waals surface area contributed by atoms with Crippen LogP contribution in [0.3, 0.4) is 0 Å². The minimum Gasteiger partial charge on any atom is -0.497 e. The van der Waals surface area contributed by atoms with Gasteiger partial charge in [0.15, 0.2) is 0 Å². The van der Waals surface area contributed by atoms with Crippen LogP contribution in [0.15, 0.2) is 54.6 Å². The Kier molecular flexibility index (Phi) is 6.31. The molecule has 0 spiro atoms. The van der Waals surface area contributed by atoms with Gasteiger partial charge in [-0.25, -0.2) is 0 Å². The van der Waals surface area contributed by atoms with Crippen LogP contribution in [0, 0.1) is 5.92 Å². The van der Waals surface area contributed by atoms with Gasteiger partial charge < -0.3 is 14.6 Å². The number of hydrogen-bond donors (Lipinski definition) is 1. The van der Waals surface area contributed by atoms with E-state index in [0.717, 1.165) is 49.5 Å². The molecular weight excluding hydrogens is 314 g/mol. The van der Waals surface area contributed by atoms with Gasteiger partial charge in [0.05, 0.1) is 13.2 Å². The molecule has 1 unspecified atom stereocenters. The zero-order valence-electron chi connectivity index (χ0n) is 14.8. The molecule has 2 aromatic rings. The molecule has 1 heterocycles. The highest BCUT2D eigenvalue weighted by Gasteiger charge is 2.25. The van der Waals surface area contributed by atoms with Crippen LogP contribution >= 0.6 is 0 Å². The van der Waals surface area contributed by atoms with E-state index in [1.165, 1.54) is 0 Å². The van der Waals surface area contributed by atoms with Crippen LogP contribution in [0.5, 0.6) is 11.5 Å². The summed E-state index contributed by atoms with van der Waals surface area (Å²) in [4.78, 5) is 2.41. The average Bonchev–Trinajstić information content (AvgIpc) is 2.69. The first-order valence-electron chi connectivity index (χ1n) is 8.98. The third kappa shape index (κ3) is 4.97. The van der Waals surface area contributed by atoms with E-state index >= 15 is 0 Å². The SMILES string of the molecule is COc1ccc(OCCN2CCC(C(O)c3ccccc3)CC2)cc1. The molecular formula is C21H27NO3. The van der Waals surface area contributed by atoms with Gasteiger partial charge in [-0.1, -0.05) is 30.3 Å². The van der Waals surface area contributed by atoms with Gasteiger partial charge in [0.1, 0.15) is 18.1 Å². The number of nitrogens with zero attached hydrogens (tertiary/aromatic N) is 1. The van der Waals surface area contributed by atoms with Crippen molar-refractivity contribution in [1.29, 1.82) is 0 Å². The molecule has 1 fully saturated rings. The first-order chi connectivity index (χ1) is 12.3. The summed E-state index contributed by atoms with van der Waals surface area (Å²) in [6, 6.07) is 17.7. The second kappa shape index (κ2) is 8.88. The highest BCUT2D eigenvalue weighted by atomic mass is 16.5. The van der Waals surface area contributed by atoms with E-state index in [9.17, 15) is 5.11 Å². The van der Waals surface area contributed by atoms with Gasteiger partial charge in [-0.05, 0) is 61.7 Å². The number of methoxy groups -OCH3 is 1. The van der Waals surface area contributed by atoms with Gasteiger partial charge >= 0.3 is 0 Å². The van der Waals surface area contributed by atoms with Crippen LogP contribution in [0.25, 0.3) is 0 Å². The predicted octanol–water partition coefficient (Wildman–Crippen LogP) is 3.52. The molecule has 25 heavy (non-hydrogen) atoms. The monoisotopic (exact) mass is 341 g/mol. The van der Waals surface area contributed by atoms with E-state index in [0.29, 0.717) is 12.5 Å². The van der Waals surface area contributed by atoms with Crippen molar-refractivity contribution in [1.82, 2.24) is 4.90 Å². The second-order valence-electron chi connectivity index (χ2n) is 6.56. The number of hydrogen-bond acceptors (Lipinski definition) is 4. The first kappa shape index (κ1) is 17.8. The summed E-state index contributed by atoms with van der Waals surface area (Å²) in [5.41, 5.74) is 1.03. The molecule has 0 saturated carbocycles. The van der Waals surface area contributed by atoms with Crippen molar-refractivity contribution in [3.8, 4) is 11.5 Å². The molecule has 0 aliphatic carbocycles. The Morgan fingerprint density at radius 1 is 1.00 bits per heavy atom. The Morgan fingerprint density at radius 3 is 2.28 bits per heavy atom. The molecule has 4 heteroatoms. The van der Waals surface area contributed by atoms with Crippen molar-refractivity contribution < 1.29 is 14.6 Å². The molecule has 1 aliphatic rings. The average molecular weight is 341 g/mol. The summed E-state index contributed by atoms with van der Waals surface area (Å²) in [6.07, 6.45) is 1.70. The number of aliphatic hydroxyl groups is 1. The van der Waals surface area contributed by atoms with Gasteiger partial charge in [0.2, 0.25) is 0 Å². The lowest BCUT2D eigenvalue weighted by Gasteiger charge is -2.34. The highest BCUT2D eigenvalue weighted by molar-refractivity contribution is 5.31. The molecule has 4 nitrogen and oxygen atoms in total. The Morgan fingerprint density at radius 2 is 1.64 bits per heavy atom. The van der Waals surface area contributed by atoms with Crippen LogP contribution in [-0.2, 0) is 0 Å². The summed E-state index contributed by atoms with van der Waals surface area (Å²) in [5.74, 6) is 2.06. The molecule has 134 valence electrons. The van der Waals surface area contributed by atoms with Gasteiger partial charge in [-0.3, -0.25) is 4.90 Å². The quantitative estimate of drug-likeness (QED) is 0.837. The molecule has 3 rings (SSSR count). The van der Waals surface area contributed by atoms with Gasteiger partial charge in [0, 0.05) is 6.54 Å². The van der Waals surface area contributed by atoms with Crippen molar-refractivity contribution >= 4 is 0 Å². The number of rotatable bonds is 7. The lowest BCUT2D eigenvalue weighted by Crippen LogP contribution is -2.38. The van der Waals surface area contributed by atoms with Crippen LogP contribution in [0.2, 0.25) is 0 Å². The molecule has 1 saturated heterocycles. The molecule has 0 amide bonds. The minimum absolute atomic E-state index is 0.348. The number of likely N-dealkylation sites (tertiary alicyclic amines) is 1. The lowest BCUT2D eigenvalue weighted by atomic mass is 9.87. The topological polar surface area (TPSA) is 41.9 Å². The maximum Gasteiger partial charge on any atom is 0.119 e. The van der Waals surface area contributed by atoms with E-state index in [-0.39, 0.29) is 6.10 Å². The van der Waals surface area contributed by atoms with E-state index in [1.807, 2.05) is 54.6 Å². The number of aliphatic hydroxyl groups excluding tert-OH is 1. The largest absolute Gasteiger partial charge is 0.497 e. The summed E-state index contributed by atoms with van der Waals surface area (Å²) in [7, 11) is 1.66. The molecule has 0 radical (unpaired) electrons. The first-order valence-corrected chi connectivity index (χ1v) is 8.98. The zero-order valence-corrected chi connectivity index (χ0v) is 14.8. The molecule has 2 aromatic carbocycles. The van der Waals surface area contributed by atoms with E-state index in [4.69, 9.17) is 9.47 Å². The van der Waals surface area contributed by atoms with Gasteiger partial charge in [-0.15, -0.1) is 0 Å². The van der Waals surface area contributed by atoms with E-state index in [1.54, 1.807) is 7.11 Å². The Balaban J connectivity index is 1.39. The summed E-state index contributed by atoms with van der Waals surface area (Å²) in [5, 5.41) is 10.5. The van der Waals surface area contributed by atoms with Crippen molar-refractivity contribution in [2.45, 2.75) is 18.9 Å². The fraction of sp³-hybridized carbons (Fsp3) is 0.429. The molecule has 1 atom stereocenters. The predicted molar refractivity (Wildman–Crippen MR) is 99.1 cm³/mol. The fourth-order valence-electron chi connectivity index (χ4n) is 3.38. The standard InChI is InChI=1S/C21H27NO3/c1-24-19-7-9-20(10-8-19)25-16-15-22-13-11-18(12-14-22)21(23)17-5-3-2-4-6-17/h2-10,18,21,23H,11-16H2,1H3. The maximum atomic E-state index is 10.5. The third-order valence-electron chi connectivity index (χ3n) is 4.96. The third-order valence-corrected chi connectivity index (χ3v) is 4.96. The van der Waals surface area contributed by atoms with Crippen molar-refractivity contribution in [3.63, 3.8) is 0 Å². The molecule has 0 bridgehead atoms. The van der Waals surface area contributed by atoms with Crippen molar-refractivity contribution in [2.24, 2.45) is 5.92 Å². The van der Waals surface area contributed by atoms with Crippen LogP contribution in [-0.4, -0.2) is 43.4 Å². The second-order valence-corrected chi connectivity index (χ2v) is 6.56. The van der Waals surface area contributed by atoms with Crippen LogP contribution in [0.1, 0.15) is 24.5 Å². The minimum atomic E-state index is -0.348. The van der Waals surface area contributed by atoms with Gasteiger partial charge in [-0.2, -0.15) is 0 Å². The fourth-order valence-corrected chi connectivity index (χ4v) is 3.38. The lowest BCUT2D eigenvalue weighted by molar-refractivity contribution is 0.0550. The zero-order chi connectivity index (χ0) is 17.5. The van der Waals surface area contributed by atoms with Crippen LogP contribution < -0.4 is 9.47 Å². The van der Waals surface area contributed by atoms with Crippen molar-refractivity contribution in [2.75, 3.05) is 33.4 Å². The highest BCUT2D eigenvalue weighted by Crippen LogP contribution is 2.30. The van der Waals surface area contributed by atoms with E-state index < -0.39 is 0 Å². The van der Waals surface area contributed by atoms with Crippen LogP contribution in [0.4, 0.5) is 0 Å². The molecule has 1 aliphatic heterocycles. The molecule has 0 aromatic heterocycles. The van der Waals surface area contributed by atoms with Gasteiger partial charge in [0.25, 0.3) is 0 Å². The maximum absolute atomic E-state index is 10.5. The Hall–Kier alpha value is -2.04. The Labute approximate surface area is 150 Å². The number of ether oxygens (including phenoxy) is 2. The normalized spacial score (nSPS) is 17.2. The number of piperidine rings is 1. The summed E-state index contributed by atoms with van der Waals surface area (Å²) < 4.78 is 11.0. The van der Waals surface area contributed by atoms with Crippen molar-refractivity contribution in [3.05, 3.63) is 60.2 Å². The Bertz CT molecular complexity index is 621.